The highest BCUT2D eigenvalue weighted by atomic mass is 127. The van der Waals surface area contributed by atoms with Crippen molar-refractivity contribution in [3.05, 3.63) is 48.5 Å². The minimum atomic E-state index is -0.205. The van der Waals surface area contributed by atoms with Gasteiger partial charge in [0.25, 0.3) is 5.56 Å². The maximum Gasteiger partial charge on any atom is 0.268 e. The molecule has 0 unspecified atom stereocenters. The summed E-state index contributed by atoms with van der Waals surface area (Å²) in [6.45, 7) is 1.93. The second kappa shape index (κ2) is 5.18. The van der Waals surface area contributed by atoms with E-state index in [1.165, 1.54) is 6.33 Å². The maximum absolute atomic E-state index is 11.4. The van der Waals surface area contributed by atoms with Gasteiger partial charge < -0.3 is 9.72 Å². The lowest BCUT2D eigenvalue weighted by Gasteiger charge is -2.08. The van der Waals surface area contributed by atoms with Gasteiger partial charge in [0.15, 0.2) is 0 Å². The van der Waals surface area contributed by atoms with E-state index in [-0.39, 0.29) is 5.56 Å². The number of benzene rings is 1. The Morgan fingerprint density at radius 1 is 1.47 bits per heavy atom. The van der Waals surface area contributed by atoms with Crippen LogP contribution in [0.15, 0.2) is 33.8 Å². The fraction of sp³-hybridized carbons (Fsp3) is 0.0909. The number of aromatic nitrogens is 2. The first-order valence-electron chi connectivity index (χ1n) is 4.75. The predicted octanol–water partition coefficient (Wildman–Crippen LogP) is 3.24. The third-order valence-electron chi connectivity index (χ3n) is 2.12. The molecule has 1 aromatic carbocycles. The Labute approximate surface area is 120 Å². The smallest absolute Gasteiger partial charge is 0.268 e. The molecule has 1 heterocycles. The normalized spacial score (nSPS) is 10.3. The van der Waals surface area contributed by atoms with Crippen molar-refractivity contribution in [2.24, 2.45) is 0 Å². The monoisotopic (exact) mass is 406 g/mol. The molecule has 2 aromatic rings. The van der Waals surface area contributed by atoms with Crippen molar-refractivity contribution >= 4 is 38.5 Å². The third kappa shape index (κ3) is 2.86. The van der Waals surface area contributed by atoms with Crippen molar-refractivity contribution in [1.82, 2.24) is 9.97 Å². The second-order valence-electron chi connectivity index (χ2n) is 3.36. The lowest BCUT2D eigenvalue weighted by atomic mass is 10.2. The summed E-state index contributed by atoms with van der Waals surface area (Å²) in [5.41, 5.74) is 0.773. The van der Waals surface area contributed by atoms with E-state index in [4.69, 9.17) is 4.74 Å². The number of H-pyrrole nitrogens is 1. The second-order valence-corrected chi connectivity index (χ2v) is 5.36. The first kappa shape index (κ1) is 12.6. The molecule has 88 valence electrons. The number of hydrogen-bond donors (Lipinski definition) is 1. The van der Waals surface area contributed by atoms with Crippen LogP contribution in [0.1, 0.15) is 5.56 Å². The lowest BCUT2D eigenvalue weighted by Crippen LogP contribution is -2.11. The molecule has 1 N–H and O–H groups in total. The van der Waals surface area contributed by atoms with Gasteiger partial charge in [-0.2, -0.15) is 0 Å². The highest BCUT2D eigenvalue weighted by molar-refractivity contribution is 14.1. The van der Waals surface area contributed by atoms with E-state index in [1.54, 1.807) is 0 Å². The fourth-order valence-electron chi connectivity index (χ4n) is 1.23. The standard InChI is InChI=1S/C11H8BrIN2O2/c1-6-2-3-7(12)4-8(6)17-11-9(13)10(16)14-5-15-11/h2-5H,1H3,(H,14,15,16). The molecule has 17 heavy (non-hydrogen) atoms. The minimum Gasteiger partial charge on any atom is -0.437 e. The molecule has 0 atom stereocenters. The van der Waals surface area contributed by atoms with E-state index >= 15 is 0 Å². The van der Waals surface area contributed by atoms with Gasteiger partial charge in [-0.1, -0.05) is 22.0 Å². The van der Waals surface area contributed by atoms with E-state index in [9.17, 15) is 4.79 Å². The summed E-state index contributed by atoms with van der Waals surface area (Å²) >= 11 is 5.28. The van der Waals surface area contributed by atoms with Crippen molar-refractivity contribution in [1.29, 1.82) is 0 Å². The average Bonchev–Trinajstić information content (AvgIpc) is 2.30. The molecule has 4 nitrogen and oxygen atoms in total. The van der Waals surface area contributed by atoms with E-state index in [2.05, 4.69) is 25.9 Å². The summed E-state index contributed by atoms with van der Waals surface area (Å²) in [5, 5.41) is 0. The van der Waals surface area contributed by atoms with Crippen LogP contribution in [-0.4, -0.2) is 9.97 Å². The van der Waals surface area contributed by atoms with Crippen LogP contribution in [0.25, 0.3) is 0 Å². The van der Waals surface area contributed by atoms with Crippen LogP contribution in [0.5, 0.6) is 11.6 Å². The van der Waals surface area contributed by atoms with Crippen LogP contribution in [-0.2, 0) is 0 Å². The quantitative estimate of drug-likeness (QED) is 0.779. The Hall–Kier alpha value is -0.890. The van der Waals surface area contributed by atoms with Gasteiger partial charge in [0.1, 0.15) is 9.32 Å². The summed E-state index contributed by atoms with van der Waals surface area (Å²) < 4.78 is 6.98. The van der Waals surface area contributed by atoms with Crippen LogP contribution in [0, 0.1) is 10.5 Å². The first-order chi connectivity index (χ1) is 8.08. The van der Waals surface area contributed by atoms with Gasteiger partial charge in [0, 0.05) is 4.47 Å². The van der Waals surface area contributed by atoms with Crippen LogP contribution in [0.3, 0.4) is 0 Å². The Balaban J connectivity index is 2.41. The molecule has 0 spiro atoms. The number of hydrogen-bond acceptors (Lipinski definition) is 3. The Morgan fingerprint density at radius 2 is 2.24 bits per heavy atom. The predicted molar refractivity (Wildman–Crippen MR) is 76.5 cm³/mol. The molecule has 0 amide bonds. The zero-order valence-electron chi connectivity index (χ0n) is 8.83. The first-order valence-corrected chi connectivity index (χ1v) is 6.62. The molecule has 6 heteroatoms. The van der Waals surface area contributed by atoms with Crippen molar-refractivity contribution in [3.8, 4) is 11.6 Å². The third-order valence-corrected chi connectivity index (χ3v) is 3.57. The zero-order valence-corrected chi connectivity index (χ0v) is 12.6. The van der Waals surface area contributed by atoms with Gasteiger partial charge in [0.05, 0.1) is 6.33 Å². The van der Waals surface area contributed by atoms with Gasteiger partial charge in [-0.15, -0.1) is 0 Å². The van der Waals surface area contributed by atoms with E-state index in [0.29, 0.717) is 15.2 Å². The number of nitrogens with one attached hydrogen (secondary N) is 1. The molecule has 0 radical (unpaired) electrons. The highest BCUT2D eigenvalue weighted by Crippen LogP contribution is 2.28. The van der Waals surface area contributed by atoms with Crippen LogP contribution < -0.4 is 10.3 Å². The lowest BCUT2D eigenvalue weighted by molar-refractivity contribution is 0.453. The van der Waals surface area contributed by atoms with E-state index in [0.717, 1.165) is 10.0 Å². The van der Waals surface area contributed by atoms with Gasteiger partial charge in [-0.25, -0.2) is 4.98 Å². The van der Waals surface area contributed by atoms with Crippen molar-refractivity contribution in [2.75, 3.05) is 0 Å². The maximum atomic E-state index is 11.4. The Bertz CT molecular complexity index is 613. The molecule has 1 aromatic heterocycles. The van der Waals surface area contributed by atoms with Gasteiger partial charge >= 0.3 is 0 Å². The summed E-state index contributed by atoms with van der Waals surface area (Å²) in [5.74, 6) is 0.992. The molecule has 2 rings (SSSR count). The summed E-state index contributed by atoms with van der Waals surface area (Å²) in [6, 6.07) is 5.70. The number of aromatic amines is 1. The molecule has 0 bridgehead atoms. The topological polar surface area (TPSA) is 55.0 Å². The van der Waals surface area contributed by atoms with Gasteiger partial charge in [-0.05, 0) is 47.2 Å². The van der Waals surface area contributed by atoms with Crippen LogP contribution in [0.2, 0.25) is 0 Å². The number of ether oxygens (including phenoxy) is 1. The van der Waals surface area contributed by atoms with E-state index in [1.807, 2.05) is 47.7 Å². The summed E-state index contributed by atoms with van der Waals surface area (Å²) in [7, 11) is 0. The summed E-state index contributed by atoms with van der Waals surface area (Å²) in [6.07, 6.45) is 1.33. The highest BCUT2D eigenvalue weighted by Gasteiger charge is 2.09. The van der Waals surface area contributed by atoms with Crippen molar-refractivity contribution in [2.45, 2.75) is 6.92 Å². The molecule has 0 fully saturated rings. The number of halogens is 2. The molecule has 0 aliphatic heterocycles. The van der Waals surface area contributed by atoms with Crippen LogP contribution >= 0.6 is 38.5 Å². The SMILES string of the molecule is Cc1ccc(Br)cc1Oc1nc[nH]c(=O)c1I. The summed E-state index contributed by atoms with van der Waals surface area (Å²) in [4.78, 5) is 17.9. The Morgan fingerprint density at radius 3 is 3.00 bits per heavy atom. The number of rotatable bonds is 2. The number of nitrogens with zero attached hydrogens (tertiary/aromatic N) is 1. The van der Waals surface area contributed by atoms with Gasteiger partial charge in [0.2, 0.25) is 5.88 Å². The average molecular weight is 407 g/mol. The molecule has 0 aliphatic carbocycles. The Kier molecular flexibility index (Phi) is 3.82. The fourth-order valence-corrected chi connectivity index (χ4v) is 1.97. The zero-order chi connectivity index (χ0) is 12.4. The van der Waals surface area contributed by atoms with Gasteiger partial charge in [-0.3, -0.25) is 4.79 Å². The van der Waals surface area contributed by atoms with Crippen LogP contribution in [0.4, 0.5) is 0 Å². The minimum absolute atomic E-state index is 0.205. The molecular formula is C11H8BrIN2O2. The van der Waals surface area contributed by atoms with E-state index < -0.39 is 0 Å². The molecular weight excluding hydrogens is 399 g/mol. The molecule has 0 saturated carbocycles. The molecule has 0 aliphatic rings. The van der Waals surface area contributed by atoms with Crippen molar-refractivity contribution < 1.29 is 4.74 Å². The number of aryl methyl sites for hydroxylation is 1. The van der Waals surface area contributed by atoms with Crippen molar-refractivity contribution in [3.63, 3.8) is 0 Å². The largest absolute Gasteiger partial charge is 0.437 e. The molecule has 0 saturated heterocycles.